The van der Waals surface area contributed by atoms with Gasteiger partial charge < -0.3 is 10.7 Å². The van der Waals surface area contributed by atoms with Crippen molar-refractivity contribution in [3.05, 3.63) is 58.3 Å². The van der Waals surface area contributed by atoms with Gasteiger partial charge in [0.05, 0.1) is 16.1 Å². The molecule has 1 aromatic heterocycles. The van der Waals surface area contributed by atoms with Crippen LogP contribution in [0, 0.1) is 10.1 Å². The lowest BCUT2D eigenvalue weighted by molar-refractivity contribution is -0.384. The number of hydrogen-bond acceptors (Lipinski definition) is 3. The predicted molar refractivity (Wildman–Crippen MR) is 79.8 cm³/mol. The maximum absolute atomic E-state index is 12.9. The van der Waals surface area contributed by atoms with E-state index in [0.717, 1.165) is 0 Å². The summed E-state index contributed by atoms with van der Waals surface area (Å²) in [5.74, 6) is 0. The summed E-state index contributed by atoms with van der Waals surface area (Å²) in [6, 6.07) is 8.18. The van der Waals surface area contributed by atoms with Crippen LogP contribution in [0.5, 0.6) is 0 Å². The number of aromatic amines is 1. The van der Waals surface area contributed by atoms with Crippen LogP contribution in [0.25, 0.3) is 22.0 Å². The van der Waals surface area contributed by atoms with Crippen molar-refractivity contribution >= 4 is 22.3 Å². The molecule has 0 fully saturated rings. The number of nitrogens with zero attached hydrogens (tertiary/aromatic N) is 1. The van der Waals surface area contributed by atoms with Gasteiger partial charge in [-0.15, -0.1) is 0 Å². The standard InChI is InChI=1S/C15H10F3N3O2/c16-15(17,18)8-5-11(19)14(13(6-8)21(22)23)10-7-20-12-4-2-1-3-9(10)12/h1-7,20H,19H2. The Bertz CT molecular complexity index is 916. The zero-order valence-electron chi connectivity index (χ0n) is 11.5. The minimum Gasteiger partial charge on any atom is -0.398 e. The molecule has 0 atom stereocenters. The van der Waals surface area contributed by atoms with Gasteiger partial charge >= 0.3 is 6.18 Å². The Morgan fingerprint density at radius 3 is 2.52 bits per heavy atom. The molecule has 0 aliphatic rings. The molecule has 5 nitrogen and oxygen atoms in total. The van der Waals surface area contributed by atoms with E-state index in [1.54, 1.807) is 24.3 Å². The Hall–Kier alpha value is -3.03. The first-order valence-electron chi connectivity index (χ1n) is 6.50. The third kappa shape index (κ3) is 2.48. The molecule has 1 heterocycles. The second-order valence-corrected chi connectivity index (χ2v) is 4.96. The van der Waals surface area contributed by atoms with Gasteiger partial charge in [0.15, 0.2) is 0 Å². The SMILES string of the molecule is Nc1cc(C(F)(F)F)cc([N+](=O)[O-])c1-c1c[nH]c2ccccc12. The van der Waals surface area contributed by atoms with Crippen molar-refractivity contribution < 1.29 is 18.1 Å². The van der Waals surface area contributed by atoms with E-state index in [1.165, 1.54) is 6.20 Å². The summed E-state index contributed by atoms with van der Waals surface area (Å²) in [5, 5.41) is 11.9. The highest BCUT2D eigenvalue weighted by Gasteiger charge is 2.34. The lowest BCUT2D eigenvalue weighted by Crippen LogP contribution is -2.08. The molecule has 0 aliphatic heterocycles. The third-order valence-corrected chi connectivity index (χ3v) is 3.53. The van der Waals surface area contributed by atoms with Crippen LogP contribution in [0.1, 0.15) is 5.56 Å². The molecule has 0 amide bonds. The number of benzene rings is 2. The van der Waals surface area contributed by atoms with Gasteiger partial charge in [0.25, 0.3) is 5.69 Å². The fourth-order valence-corrected chi connectivity index (χ4v) is 2.53. The Morgan fingerprint density at radius 1 is 1.17 bits per heavy atom. The van der Waals surface area contributed by atoms with E-state index in [4.69, 9.17) is 5.73 Å². The van der Waals surface area contributed by atoms with Crippen molar-refractivity contribution in [3.8, 4) is 11.1 Å². The number of nitro groups is 1. The van der Waals surface area contributed by atoms with Gasteiger partial charge in [0, 0.05) is 34.4 Å². The molecular weight excluding hydrogens is 311 g/mol. The second kappa shape index (κ2) is 5.01. The van der Waals surface area contributed by atoms with E-state index in [-0.39, 0.29) is 11.3 Å². The highest BCUT2D eigenvalue weighted by Crippen LogP contribution is 2.43. The highest BCUT2D eigenvalue weighted by atomic mass is 19.4. The molecule has 0 saturated heterocycles. The van der Waals surface area contributed by atoms with Gasteiger partial charge in [0.1, 0.15) is 0 Å². The van der Waals surface area contributed by atoms with Crippen LogP contribution in [0.3, 0.4) is 0 Å². The first kappa shape index (κ1) is 14.9. The number of fused-ring (bicyclic) bond motifs is 1. The molecule has 118 valence electrons. The topological polar surface area (TPSA) is 84.9 Å². The fraction of sp³-hybridized carbons (Fsp3) is 0.0667. The van der Waals surface area contributed by atoms with E-state index in [2.05, 4.69) is 4.98 Å². The maximum atomic E-state index is 12.9. The molecule has 0 bridgehead atoms. The zero-order valence-corrected chi connectivity index (χ0v) is 11.5. The molecule has 2 aromatic carbocycles. The quantitative estimate of drug-likeness (QED) is 0.418. The molecule has 0 aliphatic carbocycles. The average Bonchev–Trinajstić information content (AvgIpc) is 2.89. The molecule has 3 aromatic rings. The van der Waals surface area contributed by atoms with Gasteiger partial charge in [-0.05, 0) is 12.1 Å². The largest absolute Gasteiger partial charge is 0.416 e. The Morgan fingerprint density at radius 2 is 1.87 bits per heavy atom. The normalized spacial score (nSPS) is 11.8. The monoisotopic (exact) mass is 321 g/mol. The number of anilines is 1. The number of nitrogens with two attached hydrogens (primary N) is 1. The number of alkyl halides is 3. The summed E-state index contributed by atoms with van der Waals surface area (Å²) in [7, 11) is 0. The molecular formula is C15H10F3N3O2. The van der Waals surface area contributed by atoms with E-state index < -0.39 is 22.4 Å². The molecule has 8 heteroatoms. The van der Waals surface area contributed by atoms with Crippen LogP contribution in [0.4, 0.5) is 24.5 Å². The van der Waals surface area contributed by atoms with Crippen LogP contribution in [0.15, 0.2) is 42.6 Å². The molecule has 0 radical (unpaired) electrons. The zero-order chi connectivity index (χ0) is 16.8. The van der Waals surface area contributed by atoms with Gasteiger partial charge in [-0.1, -0.05) is 18.2 Å². The minimum absolute atomic E-state index is 0.0274. The van der Waals surface area contributed by atoms with Gasteiger partial charge in [0.2, 0.25) is 0 Å². The van der Waals surface area contributed by atoms with Crippen LogP contribution in [-0.4, -0.2) is 9.91 Å². The molecule has 3 N–H and O–H groups in total. The maximum Gasteiger partial charge on any atom is 0.416 e. The number of aromatic nitrogens is 1. The Kier molecular flexibility index (Phi) is 3.24. The molecule has 0 saturated carbocycles. The van der Waals surface area contributed by atoms with Crippen LogP contribution in [-0.2, 0) is 6.18 Å². The van der Waals surface area contributed by atoms with E-state index in [9.17, 15) is 23.3 Å². The van der Waals surface area contributed by atoms with E-state index in [1.807, 2.05) is 0 Å². The van der Waals surface area contributed by atoms with Crippen LogP contribution in [0.2, 0.25) is 0 Å². The first-order valence-corrected chi connectivity index (χ1v) is 6.50. The smallest absolute Gasteiger partial charge is 0.398 e. The number of nitro benzene ring substituents is 1. The summed E-state index contributed by atoms with van der Waals surface area (Å²) in [4.78, 5) is 13.3. The van der Waals surface area contributed by atoms with E-state index in [0.29, 0.717) is 28.6 Å². The Balaban J connectivity index is 2.33. The number of para-hydroxylation sites is 1. The fourth-order valence-electron chi connectivity index (χ4n) is 2.53. The van der Waals surface area contributed by atoms with Crippen LogP contribution >= 0.6 is 0 Å². The van der Waals surface area contributed by atoms with Crippen molar-refractivity contribution in [2.24, 2.45) is 0 Å². The van der Waals surface area contributed by atoms with Crippen molar-refractivity contribution in [1.82, 2.24) is 4.98 Å². The molecule has 3 rings (SSSR count). The minimum atomic E-state index is -4.71. The first-order chi connectivity index (χ1) is 10.8. The molecule has 0 unspecified atom stereocenters. The van der Waals surface area contributed by atoms with E-state index >= 15 is 0 Å². The number of H-pyrrole nitrogens is 1. The summed E-state index contributed by atoms with van der Waals surface area (Å²) in [6.45, 7) is 0. The van der Waals surface area contributed by atoms with Crippen LogP contribution < -0.4 is 5.73 Å². The van der Waals surface area contributed by atoms with Crippen molar-refractivity contribution in [2.75, 3.05) is 5.73 Å². The number of hydrogen-bond donors (Lipinski definition) is 2. The lowest BCUT2D eigenvalue weighted by Gasteiger charge is -2.11. The summed E-state index contributed by atoms with van der Waals surface area (Å²) < 4.78 is 38.6. The van der Waals surface area contributed by atoms with Gasteiger partial charge in [-0.2, -0.15) is 13.2 Å². The summed E-state index contributed by atoms with van der Waals surface area (Å²) >= 11 is 0. The number of rotatable bonds is 2. The third-order valence-electron chi connectivity index (χ3n) is 3.53. The Labute approximate surface area is 127 Å². The molecule has 23 heavy (non-hydrogen) atoms. The summed E-state index contributed by atoms with van der Waals surface area (Å²) in [5.41, 5.74) is 4.66. The average molecular weight is 321 g/mol. The highest BCUT2D eigenvalue weighted by molar-refractivity contribution is 6.01. The molecule has 0 spiro atoms. The van der Waals surface area contributed by atoms with Gasteiger partial charge in [-0.25, -0.2) is 0 Å². The summed E-state index contributed by atoms with van der Waals surface area (Å²) in [6.07, 6.45) is -3.21. The van der Waals surface area contributed by atoms with Crippen molar-refractivity contribution in [2.45, 2.75) is 6.18 Å². The number of nitrogens with one attached hydrogen (secondary N) is 1. The number of halogens is 3. The second-order valence-electron chi connectivity index (χ2n) is 4.96. The number of nitrogen functional groups attached to an aromatic ring is 1. The van der Waals surface area contributed by atoms with Crippen molar-refractivity contribution in [3.63, 3.8) is 0 Å². The predicted octanol–water partition coefficient (Wildman–Crippen LogP) is 4.34. The lowest BCUT2D eigenvalue weighted by atomic mass is 9.98. The van der Waals surface area contributed by atoms with Crippen molar-refractivity contribution in [1.29, 1.82) is 0 Å². The van der Waals surface area contributed by atoms with Gasteiger partial charge in [-0.3, -0.25) is 10.1 Å².